The lowest BCUT2D eigenvalue weighted by Gasteiger charge is -2.12. The quantitative estimate of drug-likeness (QED) is 0.872. The molecular weight excluding hydrogens is 297 g/mol. The van der Waals surface area contributed by atoms with Crippen molar-refractivity contribution in [2.45, 2.75) is 6.54 Å². The summed E-state index contributed by atoms with van der Waals surface area (Å²) in [6.45, 7) is 0.696. The number of benzene rings is 1. The van der Waals surface area contributed by atoms with Crippen LogP contribution in [0.25, 0.3) is 11.1 Å². The standard InChI is InChI=1S/C14H15ClFN3O2/c1-18(2)7-8-19-13(20)11(12(15)17-14(19)21)9-5-3-4-6-10(9)16/h3-6H,7-8H2,1-2H3,(H,17,21). The van der Waals surface area contributed by atoms with Crippen molar-refractivity contribution in [3.63, 3.8) is 0 Å². The third kappa shape index (κ3) is 3.22. The zero-order chi connectivity index (χ0) is 15.6. The molecule has 0 aliphatic carbocycles. The minimum Gasteiger partial charge on any atom is -0.308 e. The van der Waals surface area contributed by atoms with E-state index >= 15 is 0 Å². The van der Waals surface area contributed by atoms with Crippen molar-refractivity contribution in [2.75, 3.05) is 20.6 Å². The van der Waals surface area contributed by atoms with E-state index in [0.717, 1.165) is 4.57 Å². The molecule has 0 unspecified atom stereocenters. The van der Waals surface area contributed by atoms with Crippen LogP contribution in [0.4, 0.5) is 4.39 Å². The maximum atomic E-state index is 13.9. The third-order valence-electron chi connectivity index (χ3n) is 3.05. The van der Waals surface area contributed by atoms with Gasteiger partial charge in [0.05, 0.1) is 5.56 Å². The van der Waals surface area contributed by atoms with E-state index in [1.807, 2.05) is 19.0 Å². The highest BCUT2D eigenvalue weighted by Gasteiger charge is 2.17. The van der Waals surface area contributed by atoms with E-state index < -0.39 is 17.1 Å². The Bertz CT molecular complexity index is 768. The molecule has 2 aromatic rings. The first-order valence-corrected chi connectivity index (χ1v) is 6.72. The first kappa shape index (κ1) is 15.5. The zero-order valence-corrected chi connectivity index (χ0v) is 12.4. The predicted molar refractivity (Wildman–Crippen MR) is 80.3 cm³/mol. The fraction of sp³-hybridized carbons (Fsp3) is 0.286. The number of nitrogens with one attached hydrogen (secondary N) is 1. The Labute approximate surface area is 125 Å². The summed E-state index contributed by atoms with van der Waals surface area (Å²) >= 11 is 5.93. The van der Waals surface area contributed by atoms with Crippen molar-refractivity contribution in [3.05, 3.63) is 56.1 Å². The van der Waals surface area contributed by atoms with Gasteiger partial charge in [-0.3, -0.25) is 14.3 Å². The molecule has 112 valence electrons. The summed E-state index contributed by atoms with van der Waals surface area (Å²) in [5.74, 6) is -0.567. The average Bonchev–Trinajstić information content (AvgIpc) is 2.40. The van der Waals surface area contributed by atoms with E-state index in [9.17, 15) is 14.0 Å². The van der Waals surface area contributed by atoms with Crippen LogP contribution < -0.4 is 11.2 Å². The molecule has 7 heteroatoms. The molecule has 0 bridgehead atoms. The number of nitrogens with zero attached hydrogens (tertiary/aromatic N) is 2. The van der Waals surface area contributed by atoms with Gasteiger partial charge in [-0.2, -0.15) is 0 Å². The van der Waals surface area contributed by atoms with Crippen molar-refractivity contribution in [1.82, 2.24) is 14.5 Å². The average molecular weight is 312 g/mol. The van der Waals surface area contributed by atoms with Crippen LogP contribution in [0.5, 0.6) is 0 Å². The molecule has 1 N–H and O–H groups in total. The van der Waals surface area contributed by atoms with Crippen LogP contribution >= 0.6 is 11.6 Å². The molecule has 21 heavy (non-hydrogen) atoms. The van der Waals surface area contributed by atoms with Gasteiger partial charge >= 0.3 is 5.69 Å². The Kier molecular flexibility index (Phi) is 4.59. The molecule has 0 spiro atoms. The van der Waals surface area contributed by atoms with Gasteiger partial charge in [0.2, 0.25) is 0 Å². The maximum absolute atomic E-state index is 13.9. The molecule has 5 nitrogen and oxygen atoms in total. The molecule has 0 aliphatic heterocycles. The Hall–Kier alpha value is -1.92. The van der Waals surface area contributed by atoms with Gasteiger partial charge in [-0.15, -0.1) is 0 Å². The number of halogens is 2. The summed E-state index contributed by atoms with van der Waals surface area (Å²) in [6.07, 6.45) is 0. The molecule has 0 fully saturated rings. The number of hydrogen-bond acceptors (Lipinski definition) is 3. The molecule has 0 amide bonds. The summed E-state index contributed by atoms with van der Waals surface area (Å²) in [5.41, 5.74) is -1.17. The van der Waals surface area contributed by atoms with Gasteiger partial charge in [-0.1, -0.05) is 29.8 Å². The van der Waals surface area contributed by atoms with Crippen LogP contribution in [0.3, 0.4) is 0 Å². The maximum Gasteiger partial charge on any atom is 0.329 e. The monoisotopic (exact) mass is 311 g/mol. The van der Waals surface area contributed by atoms with Crippen molar-refractivity contribution < 1.29 is 4.39 Å². The molecule has 2 rings (SSSR count). The van der Waals surface area contributed by atoms with Gasteiger partial charge in [0.25, 0.3) is 5.56 Å². The molecule has 0 saturated carbocycles. The number of rotatable bonds is 4. The van der Waals surface area contributed by atoms with Gasteiger partial charge in [-0.25, -0.2) is 9.18 Å². The van der Waals surface area contributed by atoms with E-state index in [1.165, 1.54) is 18.2 Å². The number of aromatic nitrogens is 2. The first-order chi connectivity index (χ1) is 9.91. The van der Waals surface area contributed by atoms with E-state index in [1.54, 1.807) is 6.07 Å². The molecule has 1 aromatic carbocycles. The lowest BCUT2D eigenvalue weighted by molar-refractivity contribution is 0.376. The minimum absolute atomic E-state index is 0.0341. The van der Waals surface area contributed by atoms with Gasteiger partial charge < -0.3 is 4.90 Å². The van der Waals surface area contributed by atoms with Gasteiger partial charge in [0.1, 0.15) is 11.0 Å². The minimum atomic E-state index is -0.605. The molecular formula is C14H15ClFN3O2. The lowest BCUT2D eigenvalue weighted by atomic mass is 10.1. The molecule has 0 saturated heterocycles. The molecule has 0 radical (unpaired) electrons. The fourth-order valence-electron chi connectivity index (χ4n) is 1.95. The van der Waals surface area contributed by atoms with Crippen molar-refractivity contribution in [1.29, 1.82) is 0 Å². The normalized spacial score (nSPS) is 11.1. The fourth-order valence-corrected chi connectivity index (χ4v) is 2.21. The van der Waals surface area contributed by atoms with Gasteiger partial charge in [0.15, 0.2) is 0 Å². The van der Waals surface area contributed by atoms with Crippen LogP contribution in [0.2, 0.25) is 5.15 Å². The second kappa shape index (κ2) is 6.24. The van der Waals surface area contributed by atoms with Crippen molar-refractivity contribution in [3.8, 4) is 11.1 Å². The van der Waals surface area contributed by atoms with E-state index in [-0.39, 0.29) is 22.8 Å². The van der Waals surface area contributed by atoms with Crippen LogP contribution in [0.1, 0.15) is 0 Å². The van der Waals surface area contributed by atoms with E-state index in [0.29, 0.717) is 6.54 Å². The van der Waals surface area contributed by atoms with Crippen LogP contribution in [-0.2, 0) is 6.54 Å². The summed E-state index contributed by atoms with van der Waals surface area (Å²) in [7, 11) is 3.65. The Morgan fingerprint density at radius 3 is 2.57 bits per heavy atom. The first-order valence-electron chi connectivity index (χ1n) is 6.34. The number of aromatic amines is 1. The molecule has 1 aromatic heterocycles. The Morgan fingerprint density at radius 2 is 1.95 bits per heavy atom. The number of likely N-dealkylation sites (N-methyl/N-ethyl adjacent to an activating group) is 1. The van der Waals surface area contributed by atoms with Crippen molar-refractivity contribution in [2.24, 2.45) is 0 Å². The molecule has 1 heterocycles. The van der Waals surface area contributed by atoms with E-state index in [2.05, 4.69) is 4.98 Å². The predicted octanol–water partition coefficient (Wildman–Crippen LogP) is 1.56. The highest BCUT2D eigenvalue weighted by atomic mass is 35.5. The second-order valence-electron chi connectivity index (χ2n) is 4.86. The van der Waals surface area contributed by atoms with Gasteiger partial charge in [-0.05, 0) is 20.2 Å². The third-order valence-corrected chi connectivity index (χ3v) is 3.34. The second-order valence-corrected chi connectivity index (χ2v) is 5.24. The summed E-state index contributed by atoms with van der Waals surface area (Å²) in [6, 6.07) is 5.80. The van der Waals surface area contributed by atoms with E-state index in [4.69, 9.17) is 11.6 Å². The summed E-state index contributed by atoms with van der Waals surface area (Å²) < 4.78 is 14.9. The summed E-state index contributed by atoms with van der Waals surface area (Å²) in [4.78, 5) is 28.5. The largest absolute Gasteiger partial charge is 0.329 e. The van der Waals surface area contributed by atoms with Crippen LogP contribution in [0, 0.1) is 5.82 Å². The van der Waals surface area contributed by atoms with Crippen LogP contribution in [-0.4, -0.2) is 35.1 Å². The molecule has 0 atom stereocenters. The molecule has 0 aliphatic rings. The lowest BCUT2D eigenvalue weighted by Crippen LogP contribution is -2.38. The topological polar surface area (TPSA) is 58.1 Å². The van der Waals surface area contributed by atoms with Crippen LogP contribution in [0.15, 0.2) is 33.9 Å². The smallest absolute Gasteiger partial charge is 0.308 e. The van der Waals surface area contributed by atoms with Crippen molar-refractivity contribution >= 4 is 11.6 Å². The highest BCUT2D eigenvalue weighted by molar-refractivity contribution is 6.32. The highest BCUT2D eigenvalue weighted by Crippen LogP contribution is 2.23. The zero-order valence-electron chi connectivity index (χ0n) is 11.7. The number of hydrogen-bond donors (Lipinski definition) is 1. The Morgan fingerprint density at radius 1 is 1.29 bits per heavy atom. The van der Waals surface area contributed by atoms with Gasteiger partial charge in [0, 0.05) is 18.7 Å². The number of H-pyrrole nitrogens is 1. The summed E-state index contributed by atoms with van der Waals surface area (Å²) in [5, 5.41) is -0.156. The Balaban J connectivity index is 2.63. The SMILES string of the molecule is CN(C)CCn1c(=O)[nH]c(Cl)c(-c2ccccc2F)c1=O.